The number of benzene rings is 1. The summed E-state index contributed by atoms with van der Waals surface area (Å²) < 4.78 is 2.31. The van der Waals surface area contributed by atoms with E-state index in [9.17, 15) is 4.79 Å². The van der Waals surface area contributed by atoms with Gasteiger partial charge in [0, 0.05) is 0 Å². The fourth-order valence-electron chi connectivity index (χ4n) is 2.04. The maximum absolute atomic E-state index is 12.6. The summed E-state index contributed by atoms with van der Waals surface area (Å²) in [4.78, 5) is 17.1. The molecule has 1 aromatic carbocycles. The van der Waals surface area contributed by atoms with E-state index in [1.165, 1.54) is 23.1 Å². The Labute approximate surface area is 129 Å². The Morgan fingerprint density at radius 2 is 2.10 bits per heavy atom. The first-order valence-electron chi connectivity index (χ1n) is 6.31. The lowest BCUT2D eigenvalue weighted by atomic mass is 10.2. The topological polar surface area (TPSA) is 58.7 Å². The summed E-state index contributed by atoms with van der Waals surface area (Å²) >= 11 is 2.70. The molecule has 104 valence electrons. The summed E-state index contributed by atoms with van der Waals surface area (Å²) in [6.07, 6.45) is 0. The minimum atomic E-state index is -0.0423. The van der Waals surface area contributed by atoms with Gasteiger partial charge in [0.05, 0.1) is 23.9 Å². The molecular weight excluding hydrogens is 302 g/mol. The van der Waals surface area contributed by atoms with Crippen LogP contribution in [-0.4, -0.2) is 15.3 Å². The van der Waals surface area contributed by atoms with Gasteiger partial charge in [0.25, 0.3) is 5.56 Å². The molecule has 0 amide bonds. The monoisotopic (exact) mass is 313 g/mol. The molecule has 0 saturated carbocycles. The molecule has 0 aliphatic carbocycles. The van der Waals surface area contributed by atoms with Crippen molar-refractivity contribution in [2.45, 2.75) is 11.7 Å². The van der Waals surface area contributed by atoms with Crippen molar-refractivity contribution >= 4 is 33.3 Å². The van der Waals surface area contributed by atoms with Crippen LogP contribution in [0.15, 0.2) is 51.7 Å². The molecule has 0 N–H and O–H groups in total. The van der Waals surface area contributed by atoms with Crippen LogP contribution in [0.1, 0.15) is 5.56 Å². The zero-order valence-corrected chi connectivity index (χ0v) is 12.7. The van der Waals surface area contributed by atoms with Gasteiger partial charge in [-0.15, -0.1) is 11.3 Å². The highest BCUT2D eigenvalue weighted by molar-refractivity contribution is 7.99. The third-order valence-corrected chi connectivity index (χ3v) is 4.72. The van der Waals surface area contributed by atoms with Gasteiger partial charge in [-0.2, -0.15) is 5.26 Å². The molecule has 0 aliphatic rings. The number of thiophene rings is 1. The Morgan fingerprint density at radius 3 is 2.86 bits per heavy atom. The zero-order chi connectivity index (χ0) is 14.7. The molecule has 0 radical (unpaired) electrons. The van der Waals surface area contributed by atoms with Gasteiger partial charge >= 0.3 is 0 Å². The van der Waals surface area contributed by atoms with E-state index in [-0.39, 0.29) is 11.3 Å². The first-order valence-corrected chi connectivity index (χ1v) is 8.18. The number of thioether (sulfide) groups is 1. The molecule has 0 spiro atoms. The molecule has 0 unspecified atom stereocenters. The number of hydrogen-bond donors (Lipinski definition) is 0. The number of aromatic nitrogens is 2. The minimum Gasteiger partial charge on any atom is -0.282 e. The lowest BCUT2D eigenvalue weighted by Crippen LogP contribution is -2.23. The van der Waals surface area contributed by atoms with Gasteiger partial charge < -0.3 is 0 Å². The summed E-state index contributed by atoms with van der Waals surface area (Å²) in [7, 11) is 0. The van der Waals surface area contributed by atoms with Gasteiger partial charge in [-0.25, -0.2) is 4.98 Å². The van der Waals surface area contributed by atoms with Crippen LogP contribution < -0.4 is 5.56 Å². The molecule has 0 bridgehead atoms. The van der Waals surface area contributed by atoms with Crippen molar-refractivity contribution < 1.29 is 0 Å². The molecule has 21 heavy (non-hydrogen) atoms. The van der Waals surface area contributed by atoms with E-state index in [4.69, 9.17) is 5.26 Å². The van der Waals surface area contributed by atoms with Crippen molar-refractivity contribution in [3.63, 3.8) is 0 Å². The van der Waals surface area contributed by atoms with Crippen LogP contribution >= 0.6 is 23.1 Å². The zero-order valence-electron chi connectivity index (χ0n) is 11.0. The van der Waals surface area contributed by atoms with E-state index >= 15 is 0 Å². The Kier molecular flexibility index (Phi) is 4.04. The van der Waals surface area contributed by atoms with Gasteiger partial charge in [-0.3, -0.25) is 9.36 Å². The lowest BCUT2D eigenvalue weighted by Gasteiger charge is -2.10. The summed E-state index contributed by atoms with van der Waals surface area (Å²) in [6.45, 7) is 0.467. The second-order valence-corrected chi connectivity index (χ2v) is 6.21. The maximum Gasteiger partial charge on any atom is 0.272 e. The van der Waals surface area contributed by atoms with E-state index in [1.54, 1.807) is 4.57 Å². The maximum atomic E-state index is 12.6. The highest BCUT2D eigenvalue weighted by atomic mass is 32.2. The van der Waals surface area contributed by atoms with Gasteiger partial charge in [-0.05, 0) is 17.0 Å². The summed E-state index contributed by atoms with van der Waals surface area (Å²) in [5.41, 5.74) is 1.70. The van der Waals surface area contributed by atoms with E-state index in [0.717, 1.165) is 5.56 Å². The van der Waals surface area contributed by atoms with Crippen molar-refractivity contribution in [2.24, 2.45) is 0 Å². The molecule has 3 rings (SSSR count). The van der Waals surface area contributed by atoms with Crippen LogP contribution in [0.3, 0.4) is 0 Å². The standard InChI is InChI=1S/C15H11N3OS2/c16-7-9-21-15-17-12-6-8-20-13(12)14(19)18(15)10-11-4-2-1-3-5-11/h1-6,8H,9-10H2. The van der Waals surface area contributed by atoms with Crippen LogP contribution in [0.4, 0.5) is 0 Å². The molecule has 0 fully saturated rings. The molecule has 0 atom stereocenters. The molecule has 2 heterocycles. The Bertz CT molecular complexity index is 862. The van der Waals surface area contributed by atoms with Crippen molar-refractivity contribution in [3.05, 3.63) is 57.7 Å². The third kappa shape index (κ3) is 2.84. The molecule has 0 aliphatic heterocycles. The summed E-state index contributed by atoms with van der Waals surface area (Å²) in [6, 6.07) is 13.7. The summed E-state index contributed by atoms with van der Waals surface area (Å²) in [5.74, 6) is 0.275. The van der Waals surface area contributed by atoms with Crippen molar-refractivity contribution in [1.29, 1.82) is 5.26 Å². The highest BCUT2D eigenvalue weighted by Gasteiger charge is 2.12. The first kappa shape index (κ1) is 13.9. The molecular formula is C15H11N3OS2. The van der Waals surface area contributed by atoms with Crippen LogP contribution in [0.25, 0.3) is 10.2 Å². The fourth-order valence-corrected chi connectivity index (χ4v) is 3.47. The second kappa shape index (κ2) is 6.12. The molecule has 2 aromatic heterocycles. The van der Waals surface area contributed by atoms with E-state index < -0.39 is 0 Å². The van der Waals surface area contributed by atoms with Gasteiger partial charge in [-0.1, -0.05) is 42.1 Å². The van der Waals surface area contributed by atoms with Crippen LogP contribution in [-0.2, 0) is 6.54 Å². The average molecular weight is 313 g/mol. The predicted molar refractivity (Wildman–Crippen MR) is 85.8 cm³/mol. The third-order valence-electron chi connectivity index (χ3n) is 2.98. The molecule has 4 nitrogen and oxygen atoms in total. The number of nitriles is 1. The smallest absolute Gasteiger partial charge is 0.272 e. The van der Waals surface area contributed by atoms with Crippen molar-refractivity contribution in [1.82, 2.24) is 9.55 Å². The van der Waals surface area contributed by atoms with Gasteiger partial charge in [0.2, 0.25) is 0 Å². The lowest BCUT2D eigenvalue weighted by molar-refractivity contribution is 0.660. The minimum absolute atomic E-state index is 0.0423. The summed E-state index contributed by atoms with van der Waals surface area (Å²) in [5, 5.41) is 11.2. The molecule has 3 aromatic rings. The Hall–Kier alpha value is -2.10. The average Bonchev–Trinajstić information content (AvgIpc) is 2.98. The van der Waals surface area contributed by atoms with Crippen LogP contribution in [0.2, 0.25) is 0 Å². The first-order chi connectivity index (χ1) is 10.3. The van der Waals surface area contributed by atoms with Gasteiger partial charge in [0.1, 0.15) is 4.70 Å². The largest absolute Gasteiger partial charge is 0.282 e. The second-order valence-electron chi connectivity index (χ2n) is 4.35. The fraction of sp³-hybridized carbons (Fsp3) is 0.133. The van der Waals surface area contributed by atoms with Gasteiger partial charge in [0.15, 0.2) is 5.16 Å². The number of hydrogen-bond acceptors (Lipinski definition) is 5. The number of rotatable bonds is 4. The van der Waals surface area contributed by atoms with Crippen LogP contribution in [0, 0.1) is 11.3 Å². The Balaban J connectivity index is 2.11. The Morgan fingerprint density at radius 1 is 1.29 bits per heavy atom. The SMILES string of the molecule is N#CCSc1nc2ccsc2c(=O)n1Cc1ccccc1. The molecule has 6 heteroatoms. The number of nitrogens with zero attached hydrogens (tertiary/aromatic N) is 3. The quantitative estimate of drug-likeness (QED) is 0.548. The molecule has 0 saturated heterocycles. The number of fused-ring (bicyclic) bond motifs is 1. The van der Waals surface area contributed by atoms with E-state index in [1.807, 2.05) is 41.8 Å². The van der Waals surface area contributed by atoms with Crippen molar-refractivity contribution in [2.75, 3.05) is 5.75 Å². The predicted octanol–water partition coefficient (Wildman–Crippen LogP) is 3.12. The van der Waals surface area contributed by atoms with Crippen LogP contribution in [0.5, 0.6) is 0 Å². The normalized spacial score (nSPS) is 10.6. The highest BCUT2D eigenvalue weighted by Crippen LogP contribution is 2.21. The van der Waals surface area contributed by atoms with E-state index in [0.29, 0.717) is 21.9 Å². The van der Waals surface area contributed by atoms with E-state index in [2.05, 4.69) is 11.1 Å². The van der Waals surface area contributed by atoms with Crippen molar-refractivity contribution in [3.8, 4) is 6.07 Å².